The van der Waals surface area contributed by atoms with Crippen LogP contribution in [0.3, 0.4) is 0 Å². The molecule has 3 heteroatoms. The van der Waals surface area contributed by atoms with Crippen molar-refractivity contribution in [2.24, 2.45) is 17.8 Å². The van der Waals surface area contributed by atoms with Gasteiger partial charge >= 0.3 is 0 Å². The maximum Gasteiger partial charge on any atom is 0.128 e. The maximum atomic E-state index is 9.39. The minimum atomic E-state index is 0.382. The summed E-state index contributed by atoms with van der Waals surface area (Å²) in [5.41, 5.74) is 8.82. The number of nitrogens with two attached hydrogens (primary N) is 1. The number of hydrogen-bond acceptors (Lipinski definition) is 3. The fourth-order valence-electron chi connectivity index (χ4n) is 5.88. The number of nitriles is 1. The van der Waals surface area contributed by atoms with Crippen LogP contribution in [0.15, 0.2) is 0 Å². The second-order valence-corrected chi connectivity index (χ2v) is 8.73. The third-order valence-corrected chi connectivity index (χ3v) is 7.57. The van der Waals surface area contributed by atoms with Crippen molar-refractivity contribution in [2.75, 3.05) is 5.73 Å². The standard InChI is InChI=1S/C18H24N2S/c1-2-3-14-16(20)15(10-19)21-17(14)18-7-11-4-12(8-18)6-13(5-11)9-18/h11-13H,2-9,20H2,1H3. The summed E-state index contributed by atoms with van der Waals surface area (Å²) in [7, 11) is 0. The summed E-state index contributed by atoms with van der Waals surface area (Å²) in [6.45, 7) is 2.21. The second kappa shape index (κ2) is 4.74. The van der Waals surface area contributed by atoms with Crippen LogP contribution in [0, 0.1) is 29.1 Å². The number of hydrogen-bond donors (Lipinski definition) is 1. The molecule has 0 amide bonds. The van der Waals surface area contributed by atoms with E-state index in [9.17, 15) is 5.26 Å². The average molecular weight is 300 g/mol. The fourth-order valence-corrected chi connectivity index (χ4v) is 7.16. The van der Waals surface area contributed by atoms with Gasteiger partial charge in [0, 0.05) is 10.3 Å². The fraction of sp³-hybridized carbons (Fsp3) is 0.722. The third-order valence-electron chi connectivity index (χ3n) is 6.17. The topological polar surface area (TPSA) is 49.8 Å². The summed E-state index contributed by atoms with van der Waals surface area (Å²) >= 11 is 1.73. The predicted molar refractivity (Wildman–Crippen MR) is 87.3 cm³/mol. The summed E-state index contributed by atoms with van der Waals surface area (Å²) in [5.74, 6) is 2.83. The largest absolute Gasteiger partial charge is 0.397 e. The van der Waals surface area contributed by atoms with Gasteiger partial charge < -0.3 is 5.73 Å². The van der Waals surface area contributed by atoms with Gasteiger partial charge in [0.2, 0.25) is 0 Å². The molecule has 0 unspecified atom stereocenters. The SMILES string of the molecule is CCCc1c(C23CC4CC(CC(C4)C2)C3)sc(C#N)c1N. The van der Waals surface area contributed by atoms with E-state index in [1.54, 1.807) is 11.3 Å². The molecule has 0 aromatic carbocycles. The average Bonchev–Trinajstić information content (AvgIpc) is 2.75. The molecule has 1 aromatic heterocycles. The Bertz CT molecular complexity index is 572. The van der Waals surface area contributed by atoms with Gasteiger partial charge in [-0.25, -0.2) is 0 Å². The second-order valence-electron chi connectivity index (χ2n) is 7.71. The molecule has 0 atom stereocenters. The van der Waals surface area contributed by atoms with Crippen LogP contribution in [0.2, 0.25) is 0 Å². The van der Waals surface area contributed by atoms with Crippen LogP contribution in [0.5, 0.6) is 0 Å². The van der Waals surface area contributed by atoms with Crippen LogP contribution in [0.25, 0.3) is 0 Å². The molecule has 21 heavy (non-hydrogen) atoms. The van der Waals surface area contributed by atoms with E-state index < -0.39 is 0 Å². The van der Waals surface area contributed by atoms with Gasteiger partial charge in [-0.05, 0) is 68.3 Å². The van der Waals surface area contributed by atoms with Gasteiger partial charge in [0.05, 0.1) is 5.69 Å². The molecule has 2 N–H and O–H groups in total. The Morgan fingerprint density at radius 2 is 1.76 bits per heavy atom. The van der Waals surface area contributed by atoms with Gasteiger partial charge in [-0.3, -0.25) is 0 Å². The Balaban J connectivity index is 1.81. The quantitative estimate of drug-likeness (QED) is 0.885. The van der Waals surface area contributed by atoms with Crippen molar-refractivity contribution in [2.45, 2.75) is 63.7 Å². The third kappa shape index (κ3) is 1.95. The first-order valence-corrected chi connectivity index (χ1v) is 9.28. The first kappa shape index (κ1) is 13.6. The Hall–Kier alpha value is -1.01. The van der Waals surface area contributed by atoms with Crippen LogP contribution in [-0.2, 0) is 11.8 Å². The lowest BCUT2D eigenvalue weighted by atomic mass is 9.49. The number of rotatable bonds is 3. The molecule has 0 aliphatic heterocycles. The van der Waals surface area contributed by atoms with Crippen molar-refractivity contribution in [3.05, 3.63) is 15.3 Å². The molecule has 112 valence electrons. The van der Waals surface area contributed by atoms with E-state index in [2.05, 4.69) is 13.0 Å². The molecule has 5 rings (SSSR count). The first-order chi connectivity index (χ1) is 10.1. The van der Waals surface area contributed by atoms with Crippen LogP contribution in [-0.4, -0.2) is 0 Å². The lowest BCUT2D eigenvalue weighted by Gasteiger charge is -2.56. The highest BCUT2D eigenvalue weighted by Crippen LogP contribution is 2.62. The lowest BCUT2D eigenvalue weighted by molar-refractivity contribution is -0.00380. The highest BCUT2D eigenvalue weighted by Gasteiger charge is 2.53. The molecular weight excluding hydrogens is 276 g/mol. The summed E-state index contributed by atoms with van der Waals surface area (Å²) in [4.78, 5) is 2.28. The van der Waals surface area contributed by atoms with E-state index in [4.69, 9.17) is 5.73 Å². The van der Waals surface area contributed by atoms with Crippen molar-refractivity contribution in [3.8, 4) is 6.07 Å². The molecule has 2 nitrogen and oxygen atoms in total. The first-order valence-electron chi connectivity index (χ1n) is 8.47. The van der Waals surface area contributed by atoms with Gasteiger partial charge in [0.15, 0.2) is 0 Å². The zero-order chi connectivity index (χ0) is 14.6. The molecule has 1 heterocycles. The van der Waals surface area contributed by atoms with Crippen LogP contribution in [0.4, 0.5) is 5.69 Å². The molecule has 0 radical (unpaired) electrons. The molecule has 4 aliphatic carbocycles. The van der Waals surface area contributed by atoms with Crippen LogP contribution >= 0.6 is 11.3 Å². The summed E-state index contributed by atoms with van der Waals surface area (Å²) in [6, 6.07) is 2.34. The molecule has 0 saturated heterocycles. The maximum absolute atomic E-state index is 9.39. The van der Waals surface area contributed by atoms with Gasteiger partial charge in [-0.15, -0.1) is 11.3 Å². The number of nitrogen functional groups attached to an aromatic ring is 1. The smallest absolute Gasteiger partial charge is 0.128 e. The predicted octanol–water partition coefficient (Wildman–Crippen LogP) is 4.62. The van der Waals surface area contributed by atoms with Gasteiger partial charge in [-0.2, -0.15) is 5.26 Å². The van der Waals surface area contributed by atoms with E-state index in [0.29, 0.717) is 5.41 Å². The van der Waals surface area contributed by atoms with Crippen molar-refractivity contribution in [1.82, 2.24) is 0 Å². The summed E-state index contributed by atoms with van der Waals surface area (Å²) in [6.07, 6.45) is 10.6. The minimum Gasteiger partial charge on any atom is -0.397 e. The molecule has 4 fully saturated rings. The van der Waals surface area contributed by atoms with Gasteiger partial charge in [0.25, 0.3) is 0 Å². The van der Waals surface area contributed by atoms with E-state index >= 15 is 0 Å². The zero-order valence-corrected chi connectivity index (χ0v) is 13.6. The Kier molecular flexibility index (Phi) is 3.08. The van der Waals surface area contributed by atoms with E-state index in [0.717, 1.165) is 41.2 Å². The van der Waals surface area contributed by atoms with E-state index in [1.807, 2.05) is 0 Å². The van der Waals surface area contributed by atoms with E-state index in [-0.39, 0.29) is 0 Å². The van der Waals surface area contributed by atoms with E-state index in [1.165, 1.54) is 49.0 Å². The molecular formula is C18H24N2S. The normalized spacial score (nSPS) is 36.9. The lowest BCUT2D eigenvalue weighted by Crippen LogP contribution is -2.48. The van der Waals surface area contributed by atoms with Crippen molar-refractivity contribution in [1.29, 1.82) is 5.26 Å². The number of anilines is 1. The molecule has 0 spiro atoms. The van der Waals surface area contributed by atoms with Crippen LogP contribution in [0.1, 0.15) is 67.2 Å². The van der Waals surface area contributed by atoms with Crippen molar-refractivity contribution >= 4 is 17.0 Å². The number of thiophene rings is 1. The van der Waals surface area contributed by atoms with Crippen LogP contribution < -0.4 is 5.73 Å². The zero-order valence-electron chi connectivity index (χ0n) is 12.8. The summed E-state index contributed by atoms with van der Waals surface area (Å²) < 4.78 is 0. The Morgan fingerprint density at radius 3 is 2.24 bits per heavy atom. The van der Waals surface area contributed by atoms with Crippen molar-refractivity contribution in [3.63, 3.8) is 0 Å². The molecule has 1 aromatic rings. The summed E-state index contributed by atoms with van der Waals surface area (Å²) in [5, 5.41) is 9.39. The highest BCUT2D eigenvalue weighted by molar-refractivity contribution is 7.13. The highest BCUT2D eigenvalue weighted by atomic mass is 32.1. The molecule has 4 bridgehead atoms. The Labute approximate surface area is 131 Å². The number of nitrogens with zero attached hydrogens (tertiary/aromatic N) is 1. The molecule has 4 saturated carbocycles. The minimum absolute atomic E-state index is 0.382. The molecule has 4 aliphatic rings. The van der Waals surface area contributed by atoms with Gasteiger partial charge in [-0.1, -0.05) is 13.3 Å². The monoisotopic (exact) mass is 300 g/mol. The van der Waals surface area contributed by atoms with Crippen molar-refractivity contribution < 1.29 is 0 Å². The Morgan fingerprint density at radius 1 is 1.19 bits per heavy atom. The van der Waals surface area contributed by atoms with Gasteiger partial charge in [0.1, 0.15) is 10.9 Å².